The molecule has 0 saturated carbocycles. The maximum Gasteiger partial charge on any atom is 0.262 e. The molecule has 6 rings (SSSR count). The number of nitrogens with zero attached hydrogens (tertiary/aromatic N) is 5. The molecule has 32 heavy (non-hydrogen) atoms. The summed E-state index contributed by atoms with van der Waals surface area (Å²) in [5, 5.41) is 2.09. The van der Waals surface area contributed by atoms with E-state index in [2.05, 4.69) is 50.1 Å². The predicted molar refractivity (Wildman–Crippen MR) is 129 cm³/mol. The number of nitrogens with one attached hydrogen (secondary N) is 1. The molecule has 0 aromatic carbocycles. The molecule has 0 atom stereocenters. The molecule has 4 aromatic heterocycles. The lowest BCUT2D eigenvalue weighted by Gasteiger charge is -2.26. The number of hydrogen-bond donors (Lipinski definition) is 1. The van der Waals surface area contributed by atoms with Gasteiger partial charge in [-0.15, -0.1) is 11.3 Å². The van der Waals surface area contributed by atoms with Gasteiger partial charge in [-0.25, -0.2) is 4.98 Å². The lowest BCUT2D eigenvalue weighted by molar-refractivity contribution is 0.287. The van der Waals surface area contributed by atoms with E-state index in [1.165, 1.54) is 27.0 Å². The molecule has 164 valence electrons. The molecule has 0 fully saturated rings. The summed E-state index contributed by atoms with van der Waals surface area (Å²) in [7, 11) is 2.13. The Hall–Kier alpha value is -2.81. The Bertz CT molecular complexity index is 1400. The van der Waals surface area contributed by atoms with E-state index in [0.29, 0.717) is 6.54 Å². The van der Waals surface area contributed by atoms with Crippen LogP contribution in [0.4, 0.5) is 0 Å². The number of aromatic nitrogens is 4. The summed E-state index contributed by atoms with van der Waals surface area (Å²) in [5.41, 5.74) is 5.09. The predicted octanol–water partition coefficient (Wildman–Crippen LogP) is 3.11. The topological polar surface area (TPSA) is 70.1 Å². The van der Waals surface area contributed by atoms with Crippen molar-refractivity contribution in [3.63, 3.8) is 0 Å². The second-order valence-electron chi connectivity index (χ2n) is 8.82. The summed E-state index contributed by atoms with van der Waals surface area (Å²) in [6, 6.07) is 2.07. The van der Waals surface area contributed by atoms with E-state index in [9.17, 15) is 4.79 Å². The van der Waals surface area contributed by atoms with Crippen LogP contribution in [0.5, 0.6) is 0 Å². The van der Waals surface area contributed by atoms with E-state index in [4.69, 9.17) is 0 Å². The van der Waals surface area contributed by atoms with E-state index in [-0.39, 0.29) is 5.56 Å². The second-order valence-corrected chi connectivity index (χ2v) is 9.90. The van der Waals surface area contributed by atoms with Gasteiger partial charge in [0.05, 0.1) is 23.4 Å². The van der Waals surface area contributed by atoms with Crippen LogP contribution in [0.1, 0.15) is 22.4 Å². The van der Waals surface area contributed by atoms with E-state index < -0.39 is 0 Å². The Kier molecular flexibility index (Phi) is 4.93. The molecule has 2 aliphatic rings. The third-order valence-corrected chi connectivity index (χ3v) is 7.92. The molecular formula is C24H26N6OS. The van der Waals surface area contributed by atoms with Crippen LogP contribution in [0, 0.1) is 0 Å². The summed E-state index contributed by atoms with van der Waals surface area (Å²) in [6.07, 6.45) is 11.8. The fourth-order valence-electron chi connectivity index (χ4n) is 4.95. The number of hydrogen-bond acceptors (Lipinski definition) is 6. The van der Waals surface area contributed by atoms with Gasteiger partial charge in [0.25, 0.3) is 5.56 Å². The van der Waals surface area contributed by atoms with Crippen LogP contribution in [-0.4, -0.2) is 62.5 Å². The molecule has 4 aromatic rings. The van der Waals surface area contributed by atoms with Crippen LogP contribution in [0.3, 0.4) is 0 Å². The van der Waals surface area contributed by atoms with Gasteiger partial charge < -0.3 is 9.88 Å². The molecule has 0 bridgehead atoms. The van der Waals surface area contributed by atoms with Crippen LogP contribution in [0.25, 0.3) is 26.7 Å². The lowest BCUT2D eigenvalue weighted by Crippen LogP contribution is -2.34. The molecule has 0 unspecified atom stereocenters. The van der Waals surface area contributed by atoms with E-state index in [1.807, 2.05) is 12.4 Å². The summed E-state index contributed by atoms with van der Waals surface area (Å²) >= 11 is 1.68. The first-order valence-corrected chi connectivity index (χ1v) is 12.0. The average Bonchev–Trinajstić information content (AvgIpc) is 3.40. The van der Waals surface area contributed by atoms with Gasteiger partial charge in [0.2, 0.25) is 0 Å². The smallest absolute Gasteiger partial charge is 0.262 e. The zero-order chi connectivity index (χ0) is 21.7. The first-order valence-electron chi connectivity index (χ1n) is 11.2. The number of fused-ring (bicyclic) bond motifs is 4. The van der Waals surface area contributed by atoms with E-state index in [1.54, 1.807) is 22.2 Å². The Labute approximate surface area is 190 Å². The highest BCUT2D eigenvalue weighted by Crippen LogP contribution is 2.32. The molecule has 1 N–H and O–H groups in total. The normalized spacial score (nSPS) is 17.7. The fourth-order valence-corrected chi connectivity index (χ4v) is 6.21. The largest absolute Gasteiger partial charge is 0.359 e. The molecule has 8 heteroatoms. The van der Waals surface area contributed by atoms with Crippen molar-refractivity contribution in [2.75, 3.05) is 33.2 Å². The van der Waals surface area contributed by atoms with Crippen LogP contribution >= 0.6 is 11.3 Å². The van der Waals surface area contributed by atoms with Crippen LogP contribution in [0.2, 0.25) is 0 Å². The number of rotatable bonds is 4. The minimum absolute atomic E-state index is 0.123. The summed E-state index contributed by atoms with van der Waals surface area (Å²) in [4.78, 5) is 32.3. The zero-order valence-electron chi connectivity index (χ0n) is 18.2. The molecule has 7 nitrogen and oxygen atoms in total. The van der Waals surface area contributed by atoms with Gasteiger partial charge in [-0.1, -0.05) is 6.08 Å². The number of thiophene rings is 1. The Morgan fingerprint density at radius 3 is 3.03 bits per heavy atom. The monoisotopic (exact) mass is 446 g/mol. The van der Waals surface area contributed by atoms with E-state index in [0.717, 1.165) is 61.3 Å². The molecule has 0 aliphatic carbocycles. The highest BCUT2D eigenvalue weighted by molar-refractivity contribution is 7.18. The standard InChI is InChI=1S/C24H26N6OS/c1-28-7-5-18-21(14-28)32-23-22(18)24(31)30(15-27-23)11-10-29-8-3-16(4-9-29)19-12-26-20-13-25-6-2-17(19)20/h2-3,6,12-13,15,26H,4-5,7-11,14H2,1H3. The maximum absolute atomic E-state index is 13.2. The molecule has 0 spiro atoms. The number of H-pyrrole nitrogens is 1. The number of aromatic amines is 1. The molecule has 0 amide bonds. The molecule has 6 heterocycles. The molecule has 0 saturated heterocycles. The first-order chi connectivity index (χ1) is 15.7. The average molecular weight is 447 g/mol. The zero-order valence-corrected chi connectivity index (χ0v) is 19.0. The van der Waals surface area contributed by atoms with Gasteiger partial charge in [0, 0.05) is 67.5 Å². The van der Waals surface area contributed by atoms with Gasteiger partial charge in [-0.3, -0.25) is 19.2 Å². The van der Waals surface area contributed by atoms with Gasteiger partial charge in [-0.05, 0) is 37.1 Å². The van der Waals surface area contributed by atoms with Crippen molar-refractivity contribution in [3.8, 4) is 0 Å². The van der Waals surface area contributed by atoms with Crippen LogP contribution < -0.4 is 5.56 Å². The van der Waals surface area contributed by atoms with Crippen molar-refractivity contribution >= 4 is 38.0 Å². The summed E-state index contributed by atoms with van der Waals surface area (Å²) in [5.74, 6) is 0. The maximum atomic E-state index is 13.2. The number of likely N-dealkylation sites (N-methyl/N-ethyl adjacent to an activating group) is 1. The van der Waals surface area contributed by atoms with Gasteiger partial charge in [0.15, 0.2) is 0 Å². The fraction of sp³-hybridized carbons (Fsp3) is 0.375. The molecule has 2 aliphatic heterocycles. The second kappa shape index (κ2) is 7.95. The Morgan fingerprint density at radius 2 is 2.16 bits per heavy atom. The minimum Gasteiger partial charge on any atom is -0.359 e. The minimum atomic E-state index is 0.123. The van der Waals surface area contributed by atoms with Crippen molar-refractivity contribution < 1.29 is 0 Å². The third kappa shape index (κ3) is 3.39. The quantitative estimate of drug-likeness (QED) is 0.522. The molecular weight excluding hydrogens is 420 g/mol. The van der Waals surface area contributed by atoms with Crippen molar-refractivity contribution in [2.45, 2.75) is 25.9 Å². The van der Waals surface area contributed by atoms with Crippen LogP contribution in [0.15, 0.2) is 41.9 Å². The summed E-state index contributed by atoms with van der Waals surface area (Å²) < 4.78 is 1.81. The lowest BCUT2D eigenvalue weighted by atomic mass is 9.99. The SMILES string of the molecule is CN1CCc2c(sc3ncn(CCN4CC=C(c5c[nH]c6cnccc56)CC4)c(=O)c23)C1. The van der Waals surface area contributed by atoms with Gasteiger partial charge >= 0.3 is 0 Å². The summed E-state index contributed by atoms with van der Waals surface area (Å²) in [6.45, 7) is 5.34. The number of pyridine rings is 1. The first kappa shape index (κ1) is 19.8. The van der Waals surface area contributed by atoms with E-state index >= 15 is 0 Å². The van der Waals surface area contributed by atoms with Crippen molar-refractivity contribution in [1.29, 1.82) is 0 Å². The van der Waals surface area contributed by atoms with Crippen molar-refractivity contribution in [3.05, 3.63) is 63.4 Å². The van der Waals surface area contributed by atoms with Gasteiger partial charge in [0.1, 0.15) is 4.83 Å². The van der Waals surface area contributed by atoms with Crippen molar-refractivity contribution in [2.24, 2.45) is 0 Å². The Balaban J connectivity index is 1.17. The van der Waals surface area contributed by atoms with Crippen molar-refractivity contribution in [1.82, 2.24) is 29.3 Å². The Morgan fingerprint density at radius 1 is 1.22 bits per heavy atom. The third-order valence-electron chi connectivity index (χ3n) is 6.80. The highest BCUT2D eigenvalue weighted by Gasteiger charge is 2.22. The van der Waals surface area contributed by atoms with Crippen LogP contribution in [-0.2, 0) is 19.5 Å². The highest BCUT2D eigenvalue weighted by atomic mass is 32.1. The van der Waals surface area contributed by atoms with Gasteiger partial charge in [-0.2, -0.15) is 0 Å². The molecule has 0 radical (unpaired) electrons.